The number of halogens is 3. The van der Waals surface area contributed by atoms with E-state index < -0.39 is 0 Å². The van der Waals surface area contributed by atoms with Gasteiger partial charge in [-0.3, -0.25) is 14.5 Å². The Bertz CT molecular complexity index is 1230. The van der Waals surface area contributed by atoms with Crippen LogP contribution in [0.2, 0.25) is 0 Å². The number of rotatable bonds is 5. The Morgan fingerprint density at radius 3 is 2.72 bits per heavy atom. The molecule has 4 N–H and O–H groups in total. The summed E-state index contributed by atoms with van der Waals surface area (Å²) in [6.07, 6.45) is 1.54. The molecule has 2 aromatic heterocycles. The van der Waals surface area contributed by atoms with Gasteiger partial charge >= 0.3 is 0 Å². The maximum atomic E-state index is 13.5. The Labute approximate surface area is 225 Å². The molecule has 196 valence electrons. The van der Waals surface area contributed by atoms with Gasteiger partial charge in [0.25, 0.3) is 11.8 Å². The third-order valence-corrected chi connectivity index (χ3v) is 7.71. The minimum Gasteiger partial charge on any atom is -0.351 e. The summed E-state index contributed by atoms with van der Waals surface area (Å²) in [5.41, 5.74) is 2.09. The van der Waals surface area contributed by atoms with E-state index in [0.717, 1.165) is 36.6 Å². The molecule has 2 aliphatic heterocycles. The highest BCUT2D eigenvalue weighted by atomic mass is 35.5. The standard InChI is InChI=1S/C24H29FN6O2S.2ClH/c1-13(2)31-8-6-18-21(12-31)34-24(30-18)23(33)29-20-11-26-7-5-17(20)28-22(32)19-10-14-9-15(25)3-4-16(14)27-19;;/h3-4,9-10,13,17,20,26-27H,5-8,11-12H2,1-2H3,(H,28,32)(H,29,33);2*1H/t17-,20+;;/m0../s1. The van der Waals surface area contributed by atoms with E-state index in [1.807, 2.05) is 0 Å². The fourth-order valence-electron chi connectivity index (χ4n) is 4.64. The number of nitrogens with zero attached hydrogens (tertiary/aromatic N) is 2. The molecule has 0 spiro atoms. The van der Waals surface area contributed by atoms with Crippen LogP contribution >= 0.6 is 36.2 Å². The Kier molecular flexibility index (Phi) is 9.34. The van der Waals surface area contributed by atoms with Gasteiger partial charge in [0.2, 0.25) is 0 Å². The summed E-state index contributed by atoms with van der Waals surface area (Å²) in [6.45, 7) is 7.44. The fourth-order valence-corrected chi connectivity index (χ4v) is 5.67. The summed E-state index contributed by atoms with van der Waals surface area (Å²) in [5.74, 6) is -0.828. The molecule has 0 radical (unpaired) electrons. The summed E-state index contributed by atoms with van der Waals surface area (Å²) in [7, 11) is 0. The second-order valence-electron chi connectivity index (χ2n) is 9.27. The van der Waals surface area contributed by atoms with Gasteiger partial charge in [-0.1, -0.05) is 0 Å². The van der Waals surface area contributed by atoms with Crippen molar-refractivity contribution in [2.45, 2.75) is 51.4 Å². The monoisotopic (exact) mass is 556 g/mol. The van der Waals surface area contributed by atoms with Crippen molar-refractivity contribution in [3.8, 4) is 0 Å². The number of piperidine rings is 1. The Balaban J connectivity index is 0.00000180. The van der Waals surface area contributed by atoms with Gasteiger partial charge < -0.3 is 20.9 Å². The normalized spacial score (nSPS) is 19.8. The van der Waals surface area contributed by atoms with Crippen molar-refractivity contribution in [1.29, 1.82) is 0 Å². The van der Waals surface area contributed by atoms with Crippen molar-refractivity contribution in [1.82, 2.24) is 30.8 Å². The highest BCUT2D eigenvalue weighted by Gasteiger charge is 2.30. The zero-order valence-electron chi connectivity index (χ0n) is 20.1. The van der Waals surface area contributed by atoms with E-state index in [2.05, 4.69) is 44.7 Å². The molecule has 0 bridgehead atoms. The molecule has 2 aliphatic rings. The Hall–Kier alpha value is -2.24. The van der Waals surface area contributed by atoms with E-state index in [0.29, 0.717) is 40.6 Å². The first-order chi connectivity index (χ1) is 16.4. The van der Waals surface area contributed by atoms with E-state index in [-0.39, 0.29) is 54.5 Å². The lowest BCUT2D eigenvalue weighted by Crippen LogP contribution is -2.59. The number of hydrogen-bond donors (Lipinski definition) is 4. The fraction of sp³-hybridized carbons (Fsp3) is 0.458. The number of H-pyrrole nitrogens is 1. The Morgan fingerprint density at radius 1 is 1.17 bits per heavy atom. The first-order valence-electron chi connectivity index (χ1n) is 11.7. The van der Waals surface area contributed by atoms with E-state index >= 15 is 0 Å². The zero-order valence-corrected chi connectivity index (χ0v) is 22.5. The van der Waals surface area contributed by atoms with Crippen LogP contribution in [-0.4, -0.2) is 64.4 Å². The molecule has 36 heavy (non-hydrogen) atoms. The zero-order chi connectivity index (χ0) is 23.8. The SMILES string of the molecule is CC(C)N1CCc2nc(C(=O)N[C@@H]3CNCC[C@@H]3NC(=O)c3cc4cc(F)ccc4[nH]3)sc2C1.Cl.Cl. The summed E-state index contributed by atoms with van der Waals surface area (Å²) >= 11 is 1.46. The molecule has 5 rings (SSSR count). The number of aromatic nitrogens is 2. The van der Waals surface area contributed by atoms with E-state index in [1.54, 1.807) is 12.1 Å². The second-order valence-corrected chi connectivity index (χ2v) is 10.4. The first-order valence-corrected chi connectivity index (χ1v) is 12.5. The van der Waals surface area contributed by atoms with Gasteiger partial charge in [-0.25, -0.2) is 9.37 Å². The molecule has 0 saturated carbocycles. The molecule has 1 saturated heterocycles. The minimum absolute atomic E-state index is 0. The maximum Gasteiger partial charge on any atom is 0.280 e. The molecule has 2 atom stereocenters. The van der Waals surface area contributed by atoms with Crippen molar-refractivity contribution in [2.24, 2.45) is 0 Å². The van der Waals surface area contributed by atoms with Crippen LogP contribution in [0.4, 0.5) is 4.39 Å². The van der Waals surface area contributed by atoms with Gasteiger partial charge in [-0.05, 0) is 51.1 Å². The van der Waals surface area contributed by atoms with Crippen molar-refractivity contribution in [3.05, 3.63) is 51.4 Å². The largest absolute Gasteiger partial charge is 0.351 e. The van der Waals surface area contributed by atoms with Crippen LogP contribution in [0.15, 0.2) is 24.3 Å². The minimum atomic E-state index is -0.347. The lowest BCUT2D eigenvalue weighted by atomic mass is 10.0. The molecule has 1 aromatic carbocycles. The number of thiazole rings is 1. The third-order valence-electron chi connectivity index (χ3n) is 6.63. The summed E-state index contributed by atoms with van der Waals surface area (Å²) < 4.78 is 13.5. The smallest absolute Gasteiger partial charge is 0.280 e. The maximum absolute atomic E-state index is 13.5. The quantitative estimate of drug-likeness (QED) is 0.386. The van der Waals surface area contributed by atoms with Gasteiger partial charge in [0.1, 0.15) is 11.5 Å². The molecule has 0 unspecified atom stereocenters. The van der Waals surface area contributed by atoms with Gasteiger partial charge in [-0.15, -0.1) is 36.2 Å². The van der Waals surface area contributed by atoms with Crippen LogP contribution in [-0.2, 0) is 13.0 Å². The van der Waals surface area contributed by atoms with Crippen molar-refractivity contribution < 1.29 is 14.0 Å². The Morgan fingerprint density at radius 2 is 1.94 bits per heavy atom. The van der Waals surface area contributed by atoms with E-state index in [1.165, 1.54) is 23.5 Å². The summed E-state index contributed by atoms with van der Waals surface area (Å²) in [6, 6.07) is 5.97. The summed E-state index contributed by atoms with van der Waals surface area (Å²) in [5, 5.41) is 10.5. The van der Waals surface area contributed by atoms with Gasteiger partial charge in [0, 0.05) is 47.9 Å². The van der Waals surface area contributed by atoms with Crippen molar-refractivity contribution in [2.75, 3.05) is 19.6 Å². The highest BCUT2D eigenvalue weighted by Crippen LogP contribution is 2.26. The lowest BCUT2D eigenvalue weighted by molar-refractivity contribution is 0.0866. The van der Waals surface area contributed by atoms with Crippen LogP contribution in [0.5, 0.6) is 0 Å². The number of carbonyl (C=O) groups excluding carboxylic acids is 2. The molecular formula is C24H31Cl2FN6O2S. The second kappa shape index (κ2) is 11.9. The van der Waals surface area contributed by atoms with E-state index in [9.17, 15) is 14.0 Å². The third kappa shape index (κ3) is 6.00. The van der Waals surface area contributed by atoms with Gasteiger partial charge in [0.15, 0.2) is 5.01 Å². The topological polar surface area (TPSA) is 102 Å². The molecule has 4 heterocycles. The molecule has 8 nitrogen and oxygen atoms in total. The van der Waals surface area contributed by atoms with Gasteiger partial charge in [-0.2, -0.15) is 0 Å². The number of nitrogens with one attached hydrogen (secondary N) is 4. The molecular weight excluding hydrogens is 526 g/mol. The molecule has 3 aromatic rings. The van der Waals surface area contributed by atoms with Crippen LogP contribution in [0.25, 0.3) is 10.9 Å². The molecule has 0 aliphatic carbocycles. The van der Waals surface area contributed by atoms with Crippen LogP contribution in [0.3, 0.4) is 0 Å². The number of fused-ring (bicyclic) bond motifs is 2. The number of aromatic amines is 1. The first kappa shape index (κ1) is 28.3. The number of carbonyl (C=O) groups is 2. The predicted molar refractivity (Wildman–Crippen MR) is 144 cm³/mol. The van der Waals surface area contributed by atoms with Crippen LogP contribution in [0, 0.1) is 5.82 Å². The summed E-state index contributed by atoms with van der Waals surface area (Å²) in [4.78, 5) is 37.1. The highest BCUT2D eigenvalue weighted by molar-refractivity contribution is 7.13. The molecule has 2 amide bonds. The van der Waals surface area contributed by atoms with Crippen LogP contribution < -0.4 is 16.0 Å². The van der Waals surface area contributed by atoms with Gasteiger partial charge in [0.05, 0.1) is 17.8 Å². The average Bonchev–Trinajstić information content (AvgIpc) is 3.43. The molecule has 12 heteroatoms. The average molecular weight is 558 g/mol. The number of benzene rings is 1. The van der Waals surface area contributed by atoms with Crippen molar-refractivity contribution >= 4 is 58.9 Å². The van der Waals surface area contributed by atoms with Crippen LogP contribution in [0.1, 0.15) is 51.1 Å². The van der Waals surface area contributed by atoms with Crippen molar-refractivity contribution in [3.63, 3.8) is 0 Å². The lowest BCUT2D eigenvalue weighted by Gasteiger charge is -2.33. The number of amides is 2. The molecule has 1 fully saturated rings. The number of hydrogen-bond acceptors (Lipinski definition) is 6. The van der Waals surface area contributed by atoms with E-state index in [4.69, 9.17) is 0 Å². The predicted octanol–water partition coefficient (Wildman–Crippen LogP) is 3.26.